The summed E-state index contributed by atoms with van der Waals surface area (Å²) in [6.07, 6.45) is 2.67. The van der Waals surface area contributed by atoms with Crippen LogP contribution in [-0.4, -0.2) is 49.2 Å². The van der Waals surface area contributed by atoms with Crippen molar-refractivity contribution >= 4 is 22.6 Å². The minimum Gasteiger partial charge on any atom is -0.328 e. The average molecular weight is 312 g/mol. The number of hydrogen-bond donors (Lipinski definition) is 1. The first-order chi connectivity index (χ1) is 8.39. The molecule has 0 saturated carbocycles. The predicted molar refractivity (Wildman–Crippen MR) is 79.5 cm³/mol. The molecule has 2 heterocycles. The molecule has 7 heteroatoms. The van der Waals surface area contributed by atoms with Crippen LogP contribution in [-0.2, 0) is 10.2 Å². The molecule has 0 aromatic heterocycles. The van der Waals surface area contributed by atoms with E-state index in [2.05, 4.69) is 13.8 Å². The third-order valence-corrected chi connectivity index (χ3v) is 5.95. The summed E-state index contributed by atoms with van der Waals surface area (Å²) < 4.78 is 28.4. The summed E-state index contributed by atoms with van der Waals surface area (Å²) in [5, 5.41) is 0. The molecule has 0 radical (unpaired) electrons. The fourth-order valence-electron chi connectivity index (χ4n) is 3.06. The molecule has 2 aliphatic heterocycles. The smallest absolute Gasteiger partial charge is 0.281 e. The number of halogens is 1. The Hall–Kier alpha value is 0.120. The second-order valence-corrected chi connectivity index (χ2v) is 7.94. The van der Waals surface area contributed by atoms with Gasteiger partial charge >= 0.3 is 0 Å². The third kappa shape index (κ3) is 4.04. The number of nitrogens with two attached hydrogens (primary N) is 1. The molecule has 0 aromatic rings. The van der Waals surface area contributed by atoms with Crippen LogP contribution in [0.3, 0.4) is 0 Å². The van der Waals surface area contributed by atoms with Gasteiger partial charge in [0.15, 0.2) is 0 Å². The van der Waals surface area contributed by atoms with Gasteiger partial charge in [0, 0.05) is 32.2 Å². The van der Waals surface area contributed by atoms with Crippen LogP contribution in [0, 0.1) is 11.8 Å². The highest BCUT2D eigenvalue weighted by molar-refractivity contribution is 7.86. The molecule has 19 heavy (non-hydrogen) atoms. The molecule has 0 spiro atoms. The fourth-order valence-corrected chi connectivity index (χ4v) is 4.95. The molecule has 0 amide bonds. The van der Waals surface area contributed by atoms with Gasteiger partial charge < -0.3 is 5.73 Å². The van der Waals surface area contributed by atoms with Gasteiger partial charge in [-0.05, 0) is 31.1 Å². The van der Waals surface area contributed by atoms with E-state index in [1.165, 1.54) is 0 Å². The van der Waals surface area contributed by atoms with E-state index in [0.29, 0.717) is 38.0 Å². The van der Waals surface area contributed by atoms with Gasteiger partial charge in [0.05, 0.1) is 0 Å². The Bertz CT molecular complexity index is 372. The van der Waals surface area contributed by atoms with E-state index in [1.54, 1.807) is 8.61 Å². The lowest BCUT2D eigenvalue weighted by molar-refractivity contribution is 0.202. The molecule has 2 unspecified atom stereocenters. The first-order valence-electron chi connectivity index (χ1n) is 6.90. The molecular formula is C12H26ClN3O2S. The second-order valence-electron chi connectivity index (χ2n) is 6.01. The van der Waals surface area contributed by atoms with Crippen LogP contribution in [0.15, 0.2) is 0 Å². The van der Waals surface area contributed by atoms with E-state index in [4.69, 9.17) is 5.73 Å². The molecule has 0 bridgehead atoms. The SMILES string of the molecule is CC1CC(C)CN(S(=O)(=O)N2CCC(N)CC2)C1.Cl. The van der Waals surface area contributed by atoms with E-state index in [1.807, 2.05) is 0 Å². The first kappa shape index (κ1) is 17.2. The fraction of sp³-hybridized carbons (Fsp3) is 1.00. The zero-order valence-electron chi connectivity index (χ0n) is 11.8. The lowest BCUT2D eigenvalue weighted by Crippen LogP contribution is -2.52. The van der Waals surface area contributed by atoms with Crippen molar-refractivity contribution in [2.24, 2.45) is 17.6 Å². The quantitative estimate of drug-likeness (QED) is 0.829. The van der Waals surface area contributed by atoms with E-state index in [9.17, 15) is 8.42 Å². The Kier molecular flexibility index (Phi) is 6.07. The summed E-state index contributed by atoms with van der Waals surface area (Å²) in [5.74, 6) is 0.908. The van der Waals surface area contributed by atoms with E-state index in [-0.39, 0.29) is 18.4 Å². The Balaban J connectivity index is 0.00000180. The highest BCUT2D eigenvalue weighted by atomic mass is 35.5. The Morgan fingerprint density at radius 3 is 1.95 bits per heavy atom. The van der Waals surface area contributed by atoms with Gasteiger partial charge in [-0.2, -0.15) is 17.0 Å². The summed E-state index contributed by atoms with van der Waals surface area (Å²) in [6, 6.07) is 0.163. The normalized spacial score (nSPS) is 31.9. The van der Waals surface area contributed by atoms with E-state index in [0.717, 1.165) is 19.3 Å². The molecule has 0 aliphatic carbocycles. The molecule has 0 aromatic carbocycles. The van der Waals surface area contributed by atoms with Gasteiger partial charge in [-0.25, -0.2) is 0 Å². The number of nitrogens with zero attached hydrogens (tertiary/aromatic N) is 2. The predicted octanol–water partition coefficient (Wildman–Crippen LogP) is 1.05. The van der Waals surface area contributed by atoms with E-state index < -0.39 is 10.2 Å². The van der Waals surface area contributed by atoms with Gasteiger partial charge in [-0.1, -0.05) is 13.8 Å². The number of piperidine rings is 2. The zero-order valence-corrected chi connectivity index (χ0v) is 13.4. The van der Waals surface area contributed by atoms with Gasteiger partial charge in [0.1, 0.15) is 0 Å². The summed E-state index contributed by atoms with van der Waals surface area (Å²) in [4.78, 5) is 0. The second kappa shape index (κ2) is 6.72. The molecule has 2 aliphatic rings. The summed E-state index contributed by atoms with van der Waals surface area (Å²) in [7, 11) is -3.26. The van der Waals surface area contributed by atoms with Crippen LogP contribution in [0.2, 0.25) is 0 Å². The maximum Gasteiger partial charge on any atom is 0.281 e. The van der Waals surface area contributed by atoms with Crippen molar-refractivity contribution in [1.29, 1.82) is 0 Å². The Labute approximate surface area is 123 Å². The van der Waals surface area contributed by atoms with Gasteiger partial charge in [0.2, 0.25) is 0 Å². The number of hydrogen-bond acceptors (Lipinski definition) is 3. The van der Waals surface area contributed by atoms with Crippen molar-refractivity contribution < 1.29 is 8.42 Å². The van der Waals surface area contributed by atoms with Crippen molar-refractivity contribution in [2.75, 3.05) is 26.2 Å². The Morgan fingerprint density at radius 2 is 1.47 bits per heavy atom. The van der Waals surface area contributed by atoms with Gasteiger partial charge in [-0.3, -0.25) is 0 Å². The lowest BCUT2D eigenvalue weighted by atomic mass is 9.94. The van der Waals surface area contributed by atoms with E-state index >= 15 is 0 Å². The lowest BCUT2D eigenvalue weighted by Gasteiger charge is -2.39. The van der Waals surface area contributed by atoms with Crippen molar-refractivity contribution in [2.45, 2.75) is 39.2 Å². The zero-order chi connectivity index (χ0) is 13.3. The van der Waals surface area contributed by atoms with Crippen molar-refractivity contribution in [3.63, 3.8) is 0 Å². The molecule has 5 nitrogen and oxygen atoms in total. The van der Waals surface area contributed by atoms with Crippen LogP contribution < -0.4 is 5.73 Å². The largest absolute Gasteiger partial charge is 0.328 e. The minimum atomic E-state index is -3.26. The maximum absolute atomic E-state index is 12.5. The van der Waals surface area contributed by atoms with Crippen molar-refractivity contribution in [3.8, 4) is 0 Å². The average Bonchev–Trinajstić information content (AvgIpc) is 2.28. The van der Waals surface area contributed by atoms with Gasteiger partial charge in [-0.15, -0.1) is 12.4 Å². The third-order valence-electron chi connectivity index (χ3n) is 3.99. The van der Waals surface area contributed by atoms with Crippen molar-refractivity contribution in [3.05, 3.63) is 0 Å². The Morgan fingerprint density at radius 1 is 1.00 bits per heavy atom. The monoisotopic (exact) mass is 311 g/mol. The topological polar surface area (TPSA) is 66.6 Å². The first-order valence-corrected chi connectivity index (χ1v) is 8.30. The summed E-state index contributed by atoms with van der Waals surface area (Å²) in [5.41, 5.74) is 5.83. The number of rotatable bonds is 2. The molecule has 2 N–H and O–H groups in total. The minimum absolute atomic E-state index is 0. The molecule has 2 saturated heterocycles. The maximum atomic E-state index is 12.5. The molecular weight excluding hydrogens is 286 g/mol. The molecule has 2 rings (SSSR count). The molecule has 2 atom stereocenters. The highest BCUT2D eigenvalue weighted by Crippen LogP contribution is 2.25. The van der Waals surface area contributed by atoms with Crippen LogP contribution in [0.25, 0.3) is 0 Å². The highest BCUT2D eigenvalue weighted by Gasteiger charge is 2.35. The van der Waals surface area contributed by atoms with Crippen LogP contribution in [0.1, 0.15) is 33.1 Å². The van der Waals surface area contributed by atoms with Crippen molar-refractivity contribution in [1.82, 2.24) is 8.61 Å². The van der Waals surface area contributed by atoms with Crippen LogP contribution in [0.4, 0.5) is 0 Å². The van der Waals surface area contributed by atoms with Gasteiger partial charge in [0.25, 0.3) is 10.2 Å². The van der Waals surface area contributed by atoms with Crippen LogP contribution >= 0.6 is 12.4 Å². The summed E-state index contributed by atoms with van der Waals surface area (Å²) >= 11 is 0. The molecule has 114 valence electrons. The molecule has 2 fully saturated rings. The van der Waals surface area contributed by atoms with Crippen LogP contribution in [0.5, 0.6) is 0 Å². The standard InChI is InChI=1S/C12H25N3O2S.ClH/c1-10-7-11(2)9-15(8-10)18(16,17)14-5-3-12(13)4-6-14;/h10-12H,3-9,13H2,1-2H3;1H. The summed E-state index contributed by atoms with van der Waals surface area (Å²) in [6.45, 7) is 6.73.